The first-order chi connectivity index (χ1) is 10.9. The molecule has 2 aromatic rings. The summed E-state index contributed by atoms with van der Waals surface area (Å²) in [6.45, 7) is 2.99. The van der Waals surface area contributed by atoms with Gasteiger partial charge in [-0.05, 0) is 43.3 Å². The average Bonchev–Trinajstić information content (AvgIpc) is 2.48. The summed E-state index contributed by atoms with van der Waals surface area (Å²) < 4.78 is 18.5. The normalized spacial score (nSPS) is 11.4. The summed E-state index contributed by atoms with van der Waals surface area (Å²) in [7, 11) is 0. The van der Waals surface area contributed by atoms with Crippen molar-refractivity contribution in [2.75, 3.05) is 10.6 Å². The maximum atomic E-state index is 13.1. The van der Waals surface area contributed by atoms with Crippen molar-refractivity contribution in [3.8, 4) is 5.75 Å². The Kier molecular flexibility index (Phi) is 5.30. The predicted octanol–water partition coefficient (Wildman–Crippen LogP) is 3.19. The van der Waals surface area contributed by atoms with Gasteiger partial charge in [-0.25, -0.2) is 4.39 Å². The molecule has 0 bridgehead atoms. The first-order valence-electron chi connectivity index (χ1n) is 7.05. The molecule has 0 aliphatic carbocycles. The van der Waals surface area contributed by atoms with Crippen LogP contribution in [0.4, 0.5) is 15.8 Å². The Bertz CT molecular complexity index is 701. The van der Waals surface area contributed by atoms with Crippen molar-refractivity contribution in [2.45, 2.75) is 20.0 Å². The van der Waals surface area contributed by atoms with Gasteiger partial charge in [0.05, 0.1) is 0 Å². The zero-order valence-electron chi connectivity index (χ0n) is 12.8. The molecule has 0 spiro atoms. The minimum atomic E-state index is -0.785. The van der Waals surface area contributed by atoms with Crippen LogP contribution in [0.2, 0.25) is 0 Å². The SMILES string of the molecule is CC(=O)Nc1ccc(NC(=O)[C@H](C)Oc2cccc(F)c2)cc1. The summed E-state index contributed by atoms with van der Waals surface area (Å²) in [5.74, 6) is -0.669. The number of carbonyl (C=O) groups is 2. The van der Waals surface area contributed by atoms with E-state index in [-0.39, 0.29) is 17.6 Å². The molecule has 0 heterocycles. The van der Waals surface area contributed by atoms with Crippen LogP contribution in [0, 0.1) is 5.82 Å². The minimum absolute atomic E-state index is 0.168. The highest BCUT2D eigenvalue weighted by Gasteiger charge is 2.15. The lowest BCUT2D eigenvalue weighted by Crippen LogP contribution is -2.30. The maximum absolute atomic E-state index is 13.1. The number of halogens is 1. The van der Waals surface area contributed by atoms with Crippen molar-refractivity contribution in [3.05, 3.63) is 54.3 Å². The number of hydrogen-bond acceptors (Lipinski definition) is 3. The van der Waals surface area contributed by atoms with Crippen molar-refractivity contribution in [1.29, 1.82) is 0 Å². The summed E-state index contributed by atoms with van der Waals surface area (Å²) in [6.07, 6.45) is -0.785. The van der Waals surface area contributed by atoms with Gasteiger partial charge in [-0.2, -0.15) is 0 Å². The molecule has 120 valence electrons. The number of nitrogens with one attached hydrogen (secondary N) is 2. The van der Waals surface area contributed by atoms with Gasteiger partial charge >= 0.3 is 0 Å². The van der Waals surface area contributed by atoms with Gasteiger partial charge in [0, 0.05) is 24.4 Å². The Balaban J connectivity index is 1.94. The van der Waals surface area contributed by atoms with E-state index >= 15 is 0 Å². The van der Waals surface area contributed by atoms with Crippen molar-refractivity contribution in [3.63, 3.8) is 0 Å². The average molecular weight is 316 g/mol. The van der Waals surface area contributed by atoms with E-state index in [1.165, 1.54) is 25.1 Å². The Morgan fingerprint density at radius 3 is 2.22 bits per heavy atom. The van der Waals surface area contributed by atoms with E-state index in [1.54, 1.807) is 37.3 Å². The van der Waals surface area contributed by atoms with Gasteiger partial charge in [-0.1, -0.05) is 6.07 Å². The number of benzene rings is 2. The summed E-state index contributed by atoms with van der Waals surface area (Å²) in [5.41, 5.74) is 1.21. The molecule has 5 nitrogen and oxygen atoms in total. The molecule has 0 aliphatic rings. The van der Waals surface area contributed by atoms with E-state index in [0.717, 1.165) is 0 Å². The maximum Gasteiger partial charge on any atom is 0.265 e. The molecule has 0 unspecified atom stereocenters. The van der Waals surface area contributed by atoms with E-state index in [0.29, 0.717) is 11.4 Å². The van der Waals surface area contributed by atoms with Gasteiger partial charge in [0.1, 0.15) is 11.6 Å². The number of amides is 2. The van der Waals surface area contributed by atoms with E-state index < -0.39 is 11.9 Å². The number of rotatable bonds is 5. The quantitative estimate of drug-likeness (QED) is 0.890. The number of ether oxygens (including phenoxy) is 1. The van der Waals surface area contributed by atoms with E-state index in [9.17, 15) is 14.0 Å². The van der Waals surface area contributed by atoms with Crippen molar-refractivity contribution >= 4 is 23.2 Å². The molecule has 6 heteroatoms. The van der Waals surface area contributed by atoms with Gasteiger partial charge < -0.3 is 15.4 Å². The van der Waals surface area contributed by atoms with Crippen molar-refractivity contribution in [1.82, 2.24) is 0 Å². The van der Waals surface area contributed by atoms with Crippen molar-refractivity contribution in [2.24, 2.45) is 0 Å². The zero-order chi connectivity index (χ0) is 16.8. The number of hydrogen-bond donors (Lipinski definition) is 2. The molecule has 2 rings (SSSR count). The highest BCUT2D eigenvalue weighted by atomic mass is 19.1. The summed E-state index contributed by atoms with van der Waals surface area (Å²) in [6, 6.07) is 12.3. The second-order valence-electron chi connectivity index (χ2n) is 4.97. The van der Waals surface area contributed by atoms with Crippen molar-refractivity contribution < 1.29 is 18.7 Å². The standard InChI is InChI=1S/C17H17FN2O3/c1-11(23-16-5-3-4-13(18)10-16)17(22)20-15-8-6-14(7-9-15)19-12(2)21/h3-11H,1-2H3,(H,19,21)(H,20,22)/t11-/m0/s1. The van der Waals surface area contributed by atoms with Gasteiger partial charge in [-0.15, -0.1) is 0 Å². The second-order valence-corrected chi connectivity index (χ2v) is 4.97. The van der Waals surface area contributed by atoms with Crippen LogP contribution < -0.4 is 15.4 Å². The first kappa shape index (κ1) is 16.5. The molecule has 0 aliphatic heterocycles. The molecule has 2 amide bonds. The van der Waals surface area contributed by atoms with Gasteiger partial charge in [0.2, 0.25) is 5.91 Å². The predicted molar refractivity (Wildman–Crippen MR) is 85.9 cm³/mol. The third kappa shape index (κ3) is 5.10. The van der Waals surface area contributed by atoms with Crippen LogP contribution in [0.5, 0.6) is 5.75 Å². The fourth-order valence-electron chi connectivity index (χ4n) is 1.88. The molecule has 2 N–H and O–H groups in total. The molecule has 2 aromatic carbocycles. The number of carbonyl (C=O) groups excluding carboxylic acids is 2. The third-order valence-electron chi connectivity index (χ3n) is 2.95. The van der Waals surface area contributed by atoms with Gasteiger partial charge in [-0.3, -0.25) is 9.59 Å². The largest absolute Gasteiger partial charge is 0.481 e. The fraction of sp³-hybridized carbons (Fsp3) is 0.176. The lowest BCUT2D eigenvalue weighted by molar-refractivity contribution is -0.122. The molecular weight excluding hydrogens is 299 g/mol. The van der Waals surface area contributed by atoms with Crippen LogP contribution in [-0.2, 0) is 9.59 Å². The third-order valence-corrected chi connectivity index (χ3v) is 2.95. The monoisotopic (exact) mass is 316 g/mol. The second kappa shape index (κ2) is 7.40. The van der Waals surface area contributed by atoms with Crippen LogP contribution in [-0.4, -0.2) is 17.9 Å². The van der Waals surface area contributed by atoms with Gasteiger partial charge in [0.15, 0.2) is 6.10 Å². The smallest absolute Gasteiger partial charge is 0.265 e. The zero-order valence-corrected chi connectivity index (χ0v) is 12.8. The van der Waals surface area contributed by atoms with Crippen LogP contribution >= 0.6 is 0 Å². The van der Waals surface area contributed by atoms with Crippen LogP contribution in [0.1, 0.15) is 13.8 Å². The van der Waals surface area contributed by atoms with E-state index in [2.05, 4.69) is 10.6 Å². The Hall–Kier alpha value is -2.89. The molecule has 1 atom stereocenters. The van der Waals surface area contributed by atoms with Gasteiger partial charge in [0.25, 0.3) is 5.91 Å². The molecular formula is C17H17FN2O3. The highest BCUT2D eigenvalue weighted by Crippen LogP contribution is 2.16. The Labute approximate surface area is 133 Å². The summed E-state index contributed by atoms with van der Waals surface area (Å²) in [4.78, 5) is 23.0. The minimum Gasteiger partial charge on any atom is -0.481 e. The van der Waals surface area contributed by atoms with E-state index in [1.807, 2.05) is 0 Å². The summed E-state index contributed by atoms with van der Waals surface area (Å²) >= 11 is 0. The topological polar surface area (TPSA) is 67.4 Å². The van der Waals surface area contributed by atoms with Crippen LogP contribution in [0.15, 0.2) is 48.5 Å². The highest BCUT2D eigenvalue weighted by molar-refractivity contribution is 5.94. The van der Waals surface area contributed by atoms with Crippen LogP contribution in [0.3, 0.4) is 0 Å². The molecule has 0 saturated heterocycles. The molecule has 0 aromatic heterocycles. The summed E-state index contributed by atoms with van der Waals surface area (Å²) in [5, 5.41) is 5.32. The number of anilines is 2. The fourth-order valence-corrected chi connectivity index (χ4v) is 1.88. The Morgan fingerprint density at radius 1 is 1.04 bits per heavy atom. The molecule has 23 heavy (non-hydrogen) atoms. The lowest BCUT2D eigenvalue weighted by Gasteiger charge is -2.15. The first-order valence-corrected chi connectivity index (χ1v) is 7.05. The molecule has 0 radical (unpaired) electrons. The van der Waals surface area contributed by atoms with Crippen LogP contribution in [0.25, 0.3) is 0 Å². The molecule has 0 saturated carbocycles. The molecule has 0 fully saturated rings. The Morgan fingerprint density at radius 2 is 1.65 bits per heavy atom. The van der Waals surface area contributed by atoms with E-state index in [4.69, 9.17) is 4.74 Å². The lowest BCUT2D eigenvalue weighted by atomic mass is 10.2.